The van der Waals surface area contributed by atoms with Crippen LogP contribution in [0.4, 0.5) is 0 Å². The fraction of sp³-hybridized carbons (Fsp3) is 1.00. The minimum absolute atomic E-state index is 0.141. The third-order valence-corrected chi connectivity index (χ3v) is 2.70. The molecular weight excluding hydrogens is 172 g/mol. The standard InChI is InChI=1S/C9H18O4/c1-8(2,9(3)6-13-9)12-5-7(11)4-10/h7,10-11H,4-6H2,1-3H3. The van der Waals surface area contributed by atoms with E-state index in [2.05, 4.69) is 0 Å². The van der Waals surface area contributed by atoms with Gasteiger partial charge in [-0.15, -0.1) is 0 Å². The largest absolute Gasteiger partial charge is 0.394 e. The first-order valence-electron chi connectivity index (χ1n) is 4.48. The van der Waals surface area contributed by atoms with Crippen LogP contribution in [0, 0.1) is 0 Å². The van der Waals surface area contributed by atoms with Crippen molar-refractivity contribution in [1.29, 1.82) is 0 Å². The number of hydrogen-bond donors (Lipinski definition) is 2. The molecule has 1 aliphatic rings. The summed E-state index contributed by atoms with van der Waals surface area (Å²) in [6, 6.07) is 0. The fourth-order valence-electron chi connectivity index (χ4n) is 0.966. The van der Waals surface area contributed by atoms with Gasteiger partial charge in [-0.3, -0.25) is 0 Å². The molecule has 1 aliphatic heterocycles. The Morgan fingerprint density at radius 2 is 2.15 bits per heavy atom. The molecule has 0 bridgehead atoms. The highest BCUT2D eigenvalue weighted by molar-refractivity contribution is 5.02. The van der Waals surface area contributed by atoms with Crippen LogP contribution in [0.25, 0.3) is 0 Å². The van der Waals surface area contributed by atoms with Crippen LogP contribution in [-0.2, 0) is 9.47 Å². The fourth-order valence-corrected chi connectivity index (χ4v) is 0.966. The molecule has 0 aromatic heterocycles. The monoisotopic (exact) mass is 190 g/mol. The molecule has 0 aliphatic carbocycles. The van der Waals surface area contributed by atoms with Crippen LogP contribution in [0.2, 0.25) is 0 Å². The normalized spacial score (nSPS) is 30.2. The van der Waals surface area contributed by atoms with Gasteiger partial charge in [0.2, 0.25) is 0 Å². The van der Waals surface area contributed by atoms with Gasteiger partial charge >= 0.3 is 0 Å². The summed E-state index contributed by atoms with van der Waals surface area (Å²) in [6.07, 6.45) is -0.804. The second kappa shape index (κ2) is 3.53. The molecule has 1 rings (SSSR count). The Balaban J connectivity index is 2.34. The van der Waals surface area contributed by atoms with E-state index in [1.165, 1.54) is 0 Å². The summed E-state index contributed by atoms with van der Waals surface area (Å²) in [4.78, 5) is 0. The van der Waals surface area contributed by atoms with E-state index in [0.29, 0.717) is 6.61 Å². The molecule has 2 atom stereocenters. The first kappa shape index (κ1) is 10.9. The molecule has 2 unspecified atom stereocenters. The highest BCUT2D eigenvalue weighted by Crippen LogP contribution is 2.39. The zero-order valence-electron chi connectivity index (χ0n) is 8.41. The molecular formula is C9H18O4. The molecule has 0 aromatic carbocycles. The molecule has 13 heavy (non-hydrogen) atoms. The zero-order valence-corrected chi connectivity index (χ0v) is 8.41. The molecule has 1 saturated heterocycles. The van der Waals surface area contributed by atoms with Crippen molar-refractivity contribution >= 4 is 0 Å². The zero-order chi connectivity index (χ0) is 10.1. The molecule has 0 aromatic rings. The van der Waals surface area contributed by atoms with Gasteiger partial charge in [-0.25, -0.2) is 0 Å². The van der Waals surface area contributed by atoms with E-state index in [1.807, 2.05) is 20.8 Å². The van der Waals surface area contributed by atoms with Crippen LogP contribution in [0.5, 0.6) is 0 Å². The molecule has 0 radical (unpaired) electrons. The minimum atomic E-state index is -0.804. The summed E-state index contributed by atoms with van der Waals surface area (Å²) in [6.45, 7) is 6.37. The topological polar surface area (TPSA) is 62.2 Å². The quantitative estimate of drug-likeness (QED) is 0.595. The third kappa shape index (κ3) is 2.40. The number of rotatable bonds is 5. The molecule has 4 nitrogen and oxygen atoms in total. The molecule has 2 N–H and O–H groups in total. The lowest BCUT2D eigenvalue weighted by atomic mass is 9.93. The maximum absolute atomic E-state index is 9.09. The van der Waals surface area contributed by atoms with Gasteiger partial charge in [0.25, 0.3) is 0 Å². The van der Waals surface area contributed by atoms with Gasteiger partial charge in [0.1, 0.15) is 11.7 Å². The lowest BCUT2D eigenvalue weighted by molar-refractivity contribution is -0.103. The van der Waals surface area contributed by atoms with Gasteiger partial charge in [-0.1, -0.05) is 0 Å². The van der Waals surface area contributed by atoms with Crippen molar-refractivity contribution < 1.29 is 19.7 Å². The van der Waals surface area contributed by atoms with Crippen LogP contribution < -0.4 is 0 Å². The first-order chi connectivity index (χ1) is 5.91. The molecule has 0 saturated carbocycles. The number of hydrogen-bond acceptors (Lipinski definition) is 4. The van der Waals surface area contributed by atoms with Crippen LogP contribution in [-0.4, -0.2) is 47.3 Å². The Morgan fingerprint density at radius 3 is 2.54 bits per heavy atom. The Kier molecular flexibility index (Phi) is 2.97. The van der Waals surface area contributed by atoms with Crippen molar-refractivity contribution in [2.24, 2.45) is 0 Å². The van der Waals surface area contributed by atoms with Crippen LogP contribution in [0.1, 0.15) is 20.8 Å². The summed E-state index contributed by atoms with van der Waals surface area (Å²) >= 11 is 0. The number of aliphatic hydroxyl groups is 2. The minimum Gasteiger partial charge on any atom is -0.394 e. The molecule has 0 spiro atoms. The Labute approximate surface area is 78.5 Å². The van der Waals surface area contributed by atoms with E-state index in [1.54, 1.807) is 0 Å². The lowest BCUT2D eigenvalue weighted by Gasteiger charge is -2.30. The second-order valence-corrected chi connectivity index (χ2v) is 4.18. The average molecular weight is 190 g/mol. The van der Waals surface area contributed by atoms with Gasteiger partial charge in [-0.05, 0) is 20.8 Å². The highest BCUT2D eigenvalue weighted by Gasteiger charge is 2.53. The smallest absolute Gasteiger partial charge is 0.117 e. The SMILES string of the molecule is CC(C)(OCC(O)CO)C1(C)CO1. The van der Waals surface area contributed by atoms with Gasteiger partial charge in [0.05, 0.1) is 25.4 Å². The molecule has 1 heterocycles. The van der Waals surface area contributed by atoms with Gasteiger partial charge in [0, 0.05) is 0 Å². The summed E-state index contributed by atoms with van der Waals surface area (Å²) < 4.78 is 10.7. The van der Waals surface area contributed by atoms with Crippen molar-refractivity contribution in [2.45, 2.75) is 38.1 Å². The number of ether oxygens (including phenoxy) is 2. The van der Waals surface area contributed by atoms with E-state index in [-0.39, 0.29) is 18.8 Å². The average Bonchev–Trinajstić information content (AvgIpc) is 2.81. The van der Waals surface area contributed by atoms with Crippen LogP contribution in [0.15, 0.2) is 0 Å². The number of aliphatic hydroxyl groups excluding tert-OH is 2. The Morgan fingerprint density at radius 1 is 1.62 bits per heavy atom. The second-order valence-electron chi connectivity index (χ2n) is 4.18. The lowest BCUT2D eigenvalue weighted by Crippen LogP contribution is -2.42. The predicted molar refractivity (Wildman–Crippen MR) is 47.5 cm³/mol. The molecule has 1 fully saturated rings. The molecule has 4 heteroatoms. The maximum atomic E-state index is 9.09. The van der Waals surface area contributed by atoms with Gasteiger partial charge in [0.15, 0.2) is 0 Å². The summed E-state index contributed by atoms with van der Waals surface area (Å²) in [7, 11) is 0. The van der Waals surface area contributed by atoms with E-state index >= 15 is 0 Å². The van der Waals surface area contributed by atoms with Crippen LogP contribution >= 0.6 is 0 Å². The highest BCUT2D eigenvalue weighted by atomic mass is 16.6. The van der Waals surface area contributed by atoms with Crippen molar-refractivity contribution in [2.75, 3.05) is 19.8 Å². The summed E-state index contributed by atoms with van der Waals surface area (Å²) in [5.74, 6) is 0. The maximum Gasteiger partial charge on any atom is 0.117 e. The summed E-state index contributed by atoms with van der Waals surface area (Å²) in [5, 5.41) is 17.7. The van der Waals surface area contributed by atoms with E-state index in [4.69, 9.17) is 19.7 Å². The van der Waals surface area contributed by atoms with E-state index in [0.717, 1.165) is 0 Å². The summed E-state index contributed by atoms with van der Waals surface area (Å²) in [5.41, 5.74) is -0.647. The first-order valence-corrected chi connectivity index (χ1v) is 4.48. The number of epoxide rings is 1. The van der Waals surface area contributed by atoms with Crippen molar-refractivity contribution in [3.8, 4) is 0 Å². The van der Waals surface area contributed by atoms with Gasteiger partial charge in [-0.2, -0.15) is 0 Å². The van der Waals surface area contributed by atoms with Crippen molar-refractivity contribution in [3.63, 3.8) is 0 Å². The Hall–Kier alpha value is -0.160. The van der Waals surface area contributed by atoms with Crippen molar-refractivity contribution in [1.82, 2.24) is 0 Å². The Bertz CT molecular complexity index is 174. The van der Waals surface area contributed by atoms with Crippen LogP contribution in [0.3, 0.4) is 0 Å². The third-order valence-electron chi connectivity index (χ3n) is 2.70. The van der Waals surface area contributed by atoms with Crippen molar-refractivity contribution in [3.05, 3.63) is 0 Å². The van der Waals surface area contributed by atoms with E-state index in [9.17, 15) is 0 Å². The van der Waals surface area contributed by atoms with E-state index < -0.39 is 11.7 Å². The van der Waals surface area contributed by atoms with Gasteiger partial charge < -0.3 is 19.7 Å². The molecule has 0 amide bonds. The predicted octanol–water partition coefficient (Wildman–Crippen LogP) is -0.0763. The molecule has 78 valence electrons.